The van der Waals surface area contributed by atoms with Crippen LogP contribution in [0.25, 0.3) is 0 Å². The molecule has 0 aliphatic rings. The van der Waals surface area contributed by atoms with E-state index in [1.807, 2.05) is 6.92 Å². The third kappa shape index (κ3) is 5.74. The van der Waals surface area contributed by atoms with E-state index in [1.54, 1.807) is 0 Å². The van der Waals surface area contributed by atoms with Crippen LogP contribution in [-0.2, 0) is 21.4 Å². The molecular weight excluding hydrogens is 306 g/mol. The summed E-state index contributed by atoms with van der Waals surface area (Å²) < 4.78 is 23.7. The fraction of sp³-hybridized carbons (Fsp3) is 0.692. The molecule has 1 rings (SSSR count). The summed E-state index contributed by atoms with van der Waals surface area (Å²) in [4.78, 5) is 12.0. The van der Waals surface area contributed by atoms with Crippen LogP contribution in [0, 0.1) is 5.92 Å². The quantitative estimate of drug-likeness (QED) is 0.606. The van der Waals surface area contributed by atoms with Gasteiger partial charge in [-0.05, 0) is 19.3 Å². The normalized spacial score (nSPS) is 14.8. The van der Waals surface area contributed by atoms with Crippen LogP contribution in [0.4, 0.5) is 0 Å². The molecule has 9 heteroatoms. The molecule has 0 bridgehead atoms. The fourth-order valence-corrected chi connectivity index (χ4v) is 2.78. The van der Waals surface area contributed by atoms with Crippen molar-refractivity contribution in [1.29, 1.82) is 0 Å². The molecule has 1 amide bonds. The van der Waals surface area contributed by atoms with E-state index in [1.165, 1.54) is 10.9 Å². The number of primary sulfonamides is 1. The molecule has 1 aromatic heterocycles. The molecule has 0 aliphatic heterocycles. The van der Waals surface area contributed by atoms with E-state index in [9.17, 15) is 13.2 Å². The van der Waals surface area contributed by atoms with Crippen LogP contribution in [0.1, 0.15) is 33.6 Å². The Kier molecular flexibility index (Phi) is 6.09. The number of amides is 1. The predicted molar refractivity (Wildman–Crippen MR) is 83.3 cm³/mol. The van der Waals surface area contributed by atoms with Crippen LogP contribution in [0.5, 0.6) is 0 Å². The highest BCUT2D eigenvalue weighted by Crippen LogP contribution is 2.15. The molecule has 0 saturated carbocycles. The second kappa shape index (κ2) is 7.21. The lowest BCUT2D eigenvalue weighted by Gasteiger charge is -2.31. The van der Waals surface area contributed by atoms with Crippen molar-refractivity contribution in [3.8, 4) is 0 Å². The average Bonchev–Trinajstić information content (AvgIpc) is 2.84. The van der Waals surface area contributed by atoms with Gasteiger partial charge in [-0.3, -0.25) is 9.48 Å². The van der Waals surface area contributed by atoms with Crippen LogP contribution in [-0.4, -0.2) is 36.2 Å². The van der Waals surface area contributed by atoms with E-state index in [2.05, 4.69) is 24.3 Å². The number of sulfonamides is 1. The lowest BCUT2D eigenvalue weighted by atomic mass is 9.90. The van der Waals surface area contributed by atoms with Gasteiger partial charge >= 0.3 is 0 Å². The Morgan fingerprint density at radius 1 is 1.50 bits per heavy atom. The third-order valence-corrected chi connectivity index (χ3v) is 4.12. The minimum Gasteiger partial charge on any atom is -0.350 e. The highest BCUT2D eigenvalue weighted by atomic mass is 32.2. The topological polar surface area (TPSA) is 133 Å². The summed E-state index contributed by atoms with van der Waals surface area (Å²) in [5.74, 6) is 0.263. The Labute approximate surface area is 131 Å². The van der Waals surface area contributed by atoms with Gasteiger partial charge in [-0.15, -0.1) is 0 Å². The lowest BCUT2D eigenvalue weighted by Crippen LogP contribution is -2.52. The molecule has 0 aliphatic carbocycles. The molecule has 0 saturated heterocycles. The van der Waals surface area contributed by atoms with Gasteiger partial charge in [-0.25, -0.2) is 13.6 Å². The standard InChI is InChI=1S/C13H25N5O3S/c1-10(2)6-13(3,9-14)17-12(19)4-5-18-8-11(7-16-18)22(15,20)21/h7-8,10H,4-6,9,14H2,1-3H3,(H,17,19)(H2,15,20,21). The van der Waals surface area contributed by atoms with E-state index >= 15 is 0 Å². The highest BCUT2D eigenvalue weighted by Gasteiger charge is 2.25. The maximum atomic E-state index is 12.0. The molecule has 0 spiro atoms. The number of nitrogens with two attached hydrogens (primary N) is 2. The maximum absolute atomic E-state index is 12.0. The van der Waals surface area contributed by atoms with Gasteiger partial charge < -0.3 is 11.1 Å². The first-order chi connectivity index (χ1) is 10.1. The number of hydrogen-bond acceptors (Lipinski definition) is 5. The van der Waals surface area contributed by atoms with Crippen molar-refractivity contribution in [3.63, 3.8) is 0 Å². The zero-order chi connectivity index (χ0) is 17.0. The smallest absolute Gasteiger partial charge is 0.241 e. The summed E-state index contributed by atoms with van der Waals surface area (Å²) in [6, 6.07) is 0. The second-order valence-electron chi connectivity index (χ2n) is 6.15. The molecule has 8 nitrogen and oxygen atoms in total. The Bertz CT molecular complexity index is 611. The van der Waals surface area contributed by atoms with Gasteiger partial charge in [0.2, 0.25) is 15.9 Å². The molecule has 22 heavy (non-hydrogen) atoms. The van der Waals surface area contributed by atoms with E-state index in [-0.39, 0.29) is 23.8 Å². The zero-order valence-electron chi connectivity index (χ0n) is 13.2. The van der Waals surface area contributed by atoms with Crippen molar-refractivity contribution in [2.45, 2.75) is 50.6 Å². The van der Waals surface area contributed by atoms with Gasteiger partial charge in [0, 0.05) is 31.2 Å². The summed E-state index contributed by atoms with van der Waals surface area (Å²) in [6.07, 6.45) is 3.43. The molecule has 1 atom stereocenters. The number of carbonyl (C=O) groups excluding carboxylic acids is 1. The first kappa shape index (κ1) is 18.6. The summed E-state index contributed by atoms with van der Waals surface area (Å²) in [5, 5.41) is 11.8. The van der Waals surface area contributed by atoms with E-state index in [0.29, 0.717) is 12.5 Å². The number of aryl methyl sites for hydroxylation is 1. The number of aromatic nitrogens is 2. The molecule has 0 aromatic carbocycles. The van der Waals surface area contributed by atoms with E-state index in [4.69, 9.17) is 10.9 Å². The SMILES string of the molecule is CC(C)CC(C)(CN)NC(=O)CCn1cc(S(N)(=O)=O)cn1. The first-order valence-electron chi connectivity index (χ1n) is 7.12. The minimum atomic E-state index is -3.77. The average molecular weight is 331 g/mol. The van der Waals surface area contributed by atoms with E-state index in [0.717, 1.165) is 12.6 Å². The number of nitrogens with zero attached hydrogens (tertiary/aromatic N) is 2. The van der Waals surface area contributed by atoms with Crippen molar-refractivity contribution in [3.05, 3.63) is 12.4 Å². The van der Waals surface area contributed by atoms with Crippen LogP contribution < -0.4 is 16.2 Å². The summed E-state index contributed by atoms with van der Waals surface area (Å²) in [7, 11) is -3.77. The second-order valence-corrected chi connectivity index (χ2v) is 7.71. The fourth-order valence-electron chi connectivity index (χ4n) is 2.32. The van der Waals surface area contributed by atoms with Gasteiger partial charge in [0.1, 0.15) is 4.90 Å². The van der Waals surface area contributed by atoms with Gasteiger partial charge in [-0.1, -0.05) is 13.8 Å². The van der Waals surface area contributed by atoms with Crippen molar-refractivity contribution in [2.24, 2.45) is 16.8 Å². The van der Waals surface area contributed by atoms with Crippen LogP contribution >= 0.6 is 0 Å². The van der Waals surface area contributed by atoms with Gasteiger partial charge in [0.25, 0.3) is 0 Å². The number of nitrogens with one attached hydrogen (secondary N) is 1. The van der Waals surface area contributed by atoms with Gasteiger partial charge in [0.15, 0.2) is 0 Å². The predicted octanol–water partition coefficient (Wildman–Crippen LogP) is -0.200. The Morgan fingerprint density at radius 2 is 2.14 bits per heavy atom. The minimum absolute atomic E-state index is 0.0699. The molecule has 1 aromatic rings. The Balaban J connectivity index is 2.57. The highest BCUT2D eigenvalue weighted by molar-refractivity contribution is 7.89. The monoisotopic (exact) mass is 331 g/mol. The van der Waals surface area contributed by atoms with Crippen molar-refractivity contribution < 1.29 is 13.2 Å². The molecular formula is C13H25N5O3S. The number of rotatable bonds is 8. The van der Waals surface area contributed by atoms with Crippen molar-refractivity contribution in [1.82, 2.24) is 15.1 Å². The zero-order valence-corrected chi connectivity index (χ0v) is 14.1. The van der Waals surface area contributed by atoms with Crippen LogP contribution in [0.2, 0.25) is 0 Å². The Morgan fingerprint density at radius 3 is 2.59 bits per heavy atom. The summed E-state index contributed by atoms with van der Waals surface area (Å²) in [5.41, 5.74) is 5.31. The summed E-state index contributed by atoms with van der Waals surface area (Å²) >= 11 is 0. The molecule has 126 valence electrons. The molecule has 1 unspecified atom stereocenters. The summed E-state index contributed by atoms with van der Waals surface area (Å²) in [6.45, 7) is 6.67. The first-order valence-corrected chi connectivity index (χ1v) is 8.67. The van der Waals surface area contributed by atoms with Crippen molar-refractivity contribution in [2.75, 3.05) is 6.54 Å². The molecule has 1 heterocycles. The van der Waals surface area contributed by atoms with Gasteiger partial charge in [0.05, 0.1) is 6.20 Å². The van der Waals surface area contributed by atoms with Crippen LogP contribution in [0.15, 0.2) is 17.3 Å². The van der Waals surface area contributed by atoms with Crippen LogP contribution in [0.3, 0.4) is 0 Å². The largest absolute Gasteiger partial charge is 0.350 e. The molecule has 5 N–H and O–H groups in total. The lowest BCUT2D eigenvalue weighted by molar-refractivity contribution is -0.123. The molecule has 0 radical (unpaired) electrons. The maximum Gasteiger partial charge on any atom is 0.241 e. The molecule has 0 fully saturated rings. The van der Waals surface area contributed by atoms with E-state index < -0.39 is 15.6 Å². The van der Waals surface area contributed by atoms with Crippen molar-refractivity contribution >= 4 is 15.9 Å². The Hall–Kier alpha value is -1.45. The van der Waals surface area contributed by atoms with Gasteiger partial charge in [-0.2, -0.15) is 5.10 Å². The number of hydrogen-bond donors (Lipinski definition) is 3. The third-order valence-electron chi connectivity index (χ3n) is 3.26. The number of carbonyl (C=O) groups is 1.